The van der Waals surface area contributed by atoms with Gasteiger partial charge in [-0.25, -0.2) is 0 Å². The summed E-state index contributed by atoms with van der Waals surface area (Å²) < 4.78 is 0. The van der Waals surface area contributed by atoms with Crippen molar-refractivity contribution in [2.75, 3.05) is 7.05 Å². The lowest BCUT2D eigenvalue weighted by atomic mass is 9.83. The standard InChI is InChI=1S/C14H29NO2/c1-3-7-13(16)14(17)12(15-2)10-11-8-5-4-6-9-11/h11-17H,3-10H2,1-2H3. The predicted molar refractivity (Wildman–Crippen MR) is 71.0 cm³/mol. The second kappa shape index (κ2) is 8.06. The molecule has 0 saturated heterocycles. The van der Waals surface area contributed by atoms with E-state index in [1.54, 1.807) is 0 Å². The van der Waals surface area contributed by atoms with Crippen molar-refractivity contribution in [3.05, 3.63) is 0 Å². The molecule has 3 unspecified atom stereocenters. The predicted octanol–water partition coefficient (Wildman–Crippen LogP) is 2.07. The molecule has 3 nitrogen and oxygen atoms in total. The van der Waals surface area contributed by atoms with Gasteiger partial charge in [0.05, 0.1) is 12.2 Å². The molecule has 1 fully saturated rings. The Morgan fingerprint density at radius 3 is 2.35 bits per heavy atom. The molecule has 0 aliphatic heterocycles. The first kappa shape index (κ1) is 14.9. The fourth-order valence-electron chi connectivity index (χ4n) is 2.94. The molecule has 1 aliphatic carbocycles. The molecule has 0 heterocycles. The molecule has 0 radical (unpaired) electrons. The van der Waals surface area contributed by atoms with Crippen molar-refractivity contribution in [1.29, 1.82) is 0 Å². The van der Waals surface area contributed by atoms with Gasteiger partial charge >= 0.3 is 0 Å². The van der Waals surface area contributed by atoms with Gasteiger partial charge in [-0.2, -0.15) is 0 Å². The topological polar surface area (TPSA) is 52.5 Å². The van der Waals surface area contributed by atoms with Crippen molar-refractivity contribution in [2.45, 2.75) is 76.5 Å². The van der Waals surface area contributed by atoms with Crippen molar-refractivity contribution in [2.24, 2.45) is 5.92 Å². The van der Waals surface area contributed by atoms with Crippen LogP contribution in [0.5, 0.6) is 0 Å². The maximum atomic E-state index is 10.1. The molecule has 0 amide bonds. The molecule has 17 heavy (non-hydrogen) atoms. The molecule has 0 aromatic heterocycles. The van der Waals surface area contributed by atoms with Crippen LogP contribution in [0.15, 0.2) is 0 Å². The summed E-state index contributed by atoms with van der Waals surface area (Å²) >= 11 is 0. The van der Waals surface area contributed by atoms with E-state index in [2.05, 4.69) is 5.32 Å². The van der Waals surface area contributed by atoms with E-state index >= 15 is 0 Å². The highest BCUT2D eigenvalue weighted by Crippen LogP contribution is 2.28. The second-order valence-electron chi connectivity index (χ2n) is 5.48. The monoisotopic (exact) mass is 243 g/mol. The van der Waals surface area contributed by atoms with Crippen LogP contribution in [-0.4, -0.2) is 35.5 Å². The van der Waals surface area contributed by atoms with Crippen molar-refractivity contribution < 1.29 is 10.2 Å². The van der Waals surface area contributed by atoms with E-state index in [0.29, 0.717) is 6.42 Å². The summed E-state index contributed by atoms with van der Waals surface area (Å²) in [6.07, 6.45) is 7.98. The highest BCUT2D eigenvalue weighted by atomic mass is 16.3. The maximum Gasteiger partial charge on any atom is 0.0951 e. The number of hydrogen-bond acceptors (Lipinski definition) is 3. The number of aliphatic hydroxyl groups is 2. The van der Waals surface area contributed by atoms with Crippen LogP contribution in [0.1, 0.15) is 58.3 Å². The van der Waals surface area contributed by atoms with Crippen LogP contribution in [0, 0.1) is 5.92 Å². The molecule has 0 aromatic rings. The van der Waals surface area contributed by atoms with E-state index in [9.17, 15) is 10.2 Å². The summed E-state index contributed by atoms with van der Waals surface area (Å²) in [7, 11) is 1.88. The third-order valence-corrected chi connectivity index (χ3v) is 4.07. The van der Waals surface area contributed by atoms with Crippen LogP contribution >= 0.6 is 0 Å². The first-order valence-electron chi connectivity index (χ1n) is 7.22. The average Bonchev–Trinajstić information content (AvgIpc) is 2.36. The SMILES string of the molecule is CCCC(O)C(O)C(CC1CCCCC1)NC. The van der Waals surface area contributed by atoms with E-state index in [1.807, 2.05) is 14.0 Å². The minimum Gasteiger partial charge on any atom is -0.390 e. The summed E-state index contributed by atoms with van der Waals surface area (Å²) in [6.45, 7) is 2.03. The maximum absolute atomic E-state index is 10.1. The molecule has 1 saturated carbocycles. The molecular weight excluding hydrogens is 214 g/mol. The third kappa shape index (κ3) is 4.94. The first-order valence-corrected chi connectivity index (χ1v) is 7.22. The Bertz CT molecular complexity index is 193. The molecule has 0 bridgehead atoms. The minimum atomic E-state index is -0.623. The number of nitrogens with one attached hydrogen (secondary N) is 1. The Labute approximate surface area is 106 Å². The normalized spacial score (nSPS) is 23.3. The third-order valence-electron chi connectivity index (χ3n) is 4.07. The number of hydrogen-bond donors (Lipinski definition) is 3. The van der Waals surface area contributed by atoms with Gasteiger partial charge in [0, 0.05) is 6.04 Å². The summed E-state index contributed by atoms with van der Waals surface area (Å²) in [6, 6.07) is 0.0413. The number of rotatable bonds is 7. The molecular formula is C14H29NO2. The Morgan fingerprint density at radius 2 is 1.82 bits per heavy atom. The summed E-state index contributed by atoms with van der Waals surface area (Å²) in [5.74, 6) is 0.727. The number of aliphatic hydroxyl groups excluding tert-OH is 2. The largest absolute Gasteiger partial charge is 0.390 e. The van der Waals surface area contributed by atoms with Crippen LogP contribution in [0.2, 0.25) is 0 Å². The van der Waals surface area contributed by atoms with Crippen LogP contribution < -0.4 is 5.32 Å². The molecule has 102 valence electrons. The van der Waals surface area contributed by atoms with Gasteiger partial charge in [0.15, 0.2) is 0 Å². The van der Waals surface area contributed by atoms with E-state index in [0.717, 1.165) is 18.8 Å². The number of likely N-dealkylation sites (N-methyl/N-ethyl adjacent to an activating group) is 1. The molecule has 3 heteroatoms. The van der Waals surface area contributed by atoms with Crippen LogP contribution in [-0.2, 0) is 0 Å². The minimum absolute atomic E-state index is 0.0413. The van der Waals surface area contributed by atoms with Gasteiger partial charge in [0.2, 0.25) is 0 Å². The van der Waals surface area contributed by atoms with Crippen LogP contribution in [0.4, 0.5) is 0 Å². The lowest BCUT2D eigenvalue weighted by Crippen LogP contribution is -2.46. The van der Waals surface area contributed by atoms with E-state index in [-0.39, 0.29) is 6.04 Å². The molecule has 0 aromatic carbocycles. The Balaban J connectivity index is 2.39. The Kier molecular flexibility index (Phi) is 7.09. The zero-order chi connectivity index (χ0) is 12.7. The average molecular weight is 243 g/mol. The summed E-state index contributed by atoms with van der Waals surface area (Å²) in [5, 5.41) is 23.2. The molecule has 3 atom stereocenters. The van der Waals surface area contributed by atoms with Gasteiger partial charge in [0.25, 0.3) is 0 Å². The van der Waals surface area contributed by atoms with Gasteiger partial charge in [0.1, 0.15) is 0 Å². The smallest absolute Gasteiger partial charge is 0.0951 e. The fraction of sp³-hybridized carbons (Fsp3) is 1.00. The van der Waals surface area contributed by atoms with E-state index < -0.39 is 12.2 Å². The van der Waals surface area contributed by atoms with E-state index in [1.165, 1.54) is 32.1 Å². The summed E-state index contributed by atoms with van der Waals surface area (Å²) in [5.41, 5.74) is 0. The second-order valence-corrected chi connectivity index (χ2v) is 5.48. The fourth-order valence-corrected chi connectivity index (χ4v) is 2.94. The van der Waals surface area contributed by atoms with Crippen LogP contribution in [0.3, 0.4) is 0 Å². The quantitative estimate of drug-likeness (QED) is 0.641. The van der Waals surface area contributed by atoms with Crippen molar-refractivity contribution in [3.63, 3.8) is 0 Å². The molecule has 3 N–H and O–H groups in total. The van der Waals surface area contributed by atoms with Gasteiger partial charge < -0.3 is 15.5 Å². The van der Waals surface area contributed by atoms with Crippen molar-refractivity contribution >= 4 is 0 Å². The van der Waals surface area contributed by atoms with Gasteiger partial charge in [-0.05, 0) is 25.8 Å². The Hall–Kier alpha value is -0.120. The first-order chi connectivity index (χ1) is 8.19. The Morgan fingerprint density at radius 1 is 1.18 bits per heavy atom. The van der Waals surface area contributed by atoms with Crippen molar-refractivity contribution in [3.8, 4) is 0 Å². The molecule has 1 rings (SSSR count). The zero-order valence-electron chi connectivity index (χ0n) is 11.4. The lowest BCUT2D eigenvalue weighted by molar-refractivity contribution is -0.0128. The van der Waals surface area contributed by atoms with Gasteiger partial charge in [-0.15, -0.1) is 0 Å². The molecule has 0 spiro atoms. The van der Waals surface area contributed by atoms with Crippen LogP contribution in [0.25, 0.3) is 0 Å². The highest BCUT2D eigenvalue weighted by molar-refractivity contribution is 4.83. The lowest BCUT2D eigenvalue weighted by Gasteiger charge is -2.31. The highest BCUT2D eigenvalue weighted by Gasteiger charge is 2.27. The van der Waals surface area contributed by atoms with Gasteiger partial charge in [-0.3, -0.25) is 0 Å². The van der Waals surface area contributed by atoms with E-state index in [4.69, 9.17) is 0 Å². The van der Waals surface area contributed by atoms with Crippen molar-refractivity contribution in [1.82, 2.24) is 5.32 Å². The zero-order valence-corrected chi connectivity index (χ0v) is 11.4. The summed E-state index contributed by atoms with van der Waals surface area (Å²) in [4.78, 5) is 0. The van der Waals surface area contributed by atoms with Gasteiger partial charge in [-0.1, -0.05) is 45.4 Å². The molecule has 1 aliphatic rings.